The Hall–Kier alpha value is -1.35. The van der Waals surface area contributed by atoms with Crippen molar-refractivity contribution in [1.29, 1.82) is 0 Å². The number of aromatic nitrogens is 1. The summed E-state index contributed by atoms with van der Waals surface area (Å²) in [6.45, 7) is 4.77. The normalized spacial score (nSPS) is 10.3. The predicted octanol–water partition coefficient (Wildman–Crippen LogP) is 3.52. The fraction of sp³-hybridized carbons (Fsp3) is 0.250. The van der Waals surface area contributed by atoms with Crippen molar-refractivity contribution < 1.29 is 4.74 Å². The van der Waals surface area contributed by atoms with Gasteiger partial charge < -0.3 is 4.74 Å². The van der Waals surface area contributed by atoms with E-state index in [9.17, 15) is 0 Å². The molecule has 2 rings (SSSR count). The number of aryl methyl sites for hydroxylation is 1. The highest BCUT2D eigenvalue weighted by atomic mass is 32.1. The van der Waals surface area contributed by atoms with E-state index in [1.165, 1.54) is 4.88 Å². The van der Waals surface area contributed by atoms with Crippen LogP contribution in [0.2, 0.25) is 0 Å². The summed E-state index contributed by atoms with van der Waals surface area (Å²) in [6, 6.07) is 8.06. The Labute approximate surface area is 93.6 Å². The maximum Gasteiger partial charge on any atom is 0.119 e. The molecule has 0 radical (unpaired) electrons. The molecule has 15 heavy (non-hydrogen) atoms. The minimum Gasteiger partial charge on any atom is -0.494 e. The van der Waals surface area contributed by atoms with Crippen molar-refractivity contribution in [2.24, 2.45) is 0 Å². The lowest BCUT2D eigenvalue weighted by Gasteiger charge is -2.03. The highest BCUT2D eigenvalue weighted by Crippen LogP contribution is 2.26. The zero-order chi connectivity index (χ0) is 10.7. The molecular formula is C12H13NOS. The molecule has 0 aliphatic carbocycles. The SMILES string of the molecule is CCOc1ccc(-c2ncsc2C)cc1. The van der Waals surface area contributed by atoms with E-state index in [0.717, 1.165) is 17.0 Å². The Bertz CT molecular complexity index is 433. The summed E-state index contributed by atoms with van der Waals surface area (Å²) in [5.74, 6) is 0.911. The molecule has 0 atom stereocenters. The first-order valence-electron chi connectivity index (χ1n) is 4.94. The highest BCUT2D eigenvalue weighted by Gasteiger charge is 2.04. The number of hydrogen-bond acceptors (Lipinski definition) is 3. The summed E-state index contributed by atoms with van der Waals surface area (Å²) in [7, 11) is 0. The van der Waals surface area contributed by atoms with Gasteiger partial charge in [0.25, 0.3) is 0 Å². The van der Waals surface area contributed by atoms with Crippen LogP contribution in [-0.4, -0.2) is 11.6 Å². The number of hydrogen-bond donors (Lipinski definition) is 0. The molecule has 3 heteroatoms. The van der Waals surface area contributed by atoms with Crippen LogP contribution in [0.5, 0.6) is 5.75 Å². The van der Waals surface area contributed by atoms with Crippen LogP contribution < -0.4 is 4.74 Å². The van der Waals surface area contributed by atoms with Crippen molar-refractivity contribution in [1.82, 2.24) is 4.98 Å². The lowest BCUT2D eigenvalue weighted by Crippen LogP contribution is -1.90. The van der Waals surface area contributed by atoms with E-state index in [1.54, 1.807) is 11.3 Å². The second kappa shape index (κ2) is 4.45. The molecule has 1 aromatic heterocycles. The van der Waals surface area contributed by atoms with Gasteiger partial charge in [0.15, 0.2) is 0 Å². The summed E-state index contributed by atoms with van der Waals surface area (Å²) in [5, 5.41) is 0. The topological polar surface area (TPSA) is 22.1 Å². The summed E-state index contributed by atoms with van der Waals surface area (Å²) in [6.07, 6.45) is 0. The average molecular weight is 219 g/mol. The van der Waals surface area contributed by atoms with Gasteiger partial charge >= 0.3 is 0 Å². The van der Waals surface area contributed by atoms with E-state index in [1.807, 2.05) is 36.7 Å². The molecule has 0 fully saturated rings. The third-order valence-corrected chi connectivity index (χ3v) is 2.94. The van der Waals surface area contributed by atoms with Crippen LogP contribution in [0.25, 0.3) is 11.3 Å². The molecule has 1 aromatic carbocycles. The van der Waals surface area contributed by atoms with Gasteiger partial charge in [0.2, 0.25) is 0 Å². The number of ether oxygens (including phenoxy) is 1. The number of thiazole rings is 1. The Morgan fingerprint density at radius 1 is 1.27 bits per heavy atom. The Kier molecular flexibility index (Phi) is 3.02. The van der Waals surface area contributed by atoms with E-state index in [-0.39, 0.29) is 0 Å². The zero-order valence-electron chi connectivity index (χ0n) is 8.86. The molecule has 0 amide bonds. The predicted molar refractivity (Wildman–Crippen MR) is 63.5 cm³/mol. The van der Waals surface area contributed by atoms with E-state index in [0.29, 0.717) is 6.61 Å². The van der Waals surface area contributed by atoms with Crippen molar-refractivity contribution in [2.75, 3.05) is 6.61 Å². The van der Waals surface area contributed by atoms with Crippen LogP contribution >= 0.6 is 11.3 Å². The third-order valence-electron chi connectivity index (χ3n) is 2.18. The van der Waals surface area contributed by atoms with Gasteiger partial charge in [-0.05, 0) is 38.1 Å². The molecule has 0 spiro atoms. The van der Waals surface area contributed by atoms with Gasteiger partial charge in [-0.25, -0.2) is 4.98 Å². The quantitative estimate of drug-likeness (QED) is 0.788. The molecule has 0 aliphatic rings. The number of nitrogens with zero attached hydrogens (tertiary/aromatic N) is 1. The Balaban J connectivity index is 2.28. The summed E-state index contributed by atoms with van der Waals surface area (Å²) < 4.78 is 5.39. The molecule has 78 valence electrons. The van der Waals surface area contributed by atoms with Crippen LogP contribution in [0, 0.1) is 6.92 Å². The molecule has 0 saturated heterocycles. The summed E-state index contributed by atoms with van der Waals surface area (Å²) in [5.41, 5.74) is 4.10. The van der Waals surface area contributed by atoms with E-state index >= 15 is 0 Å². The highest BCUT2D eigenvalue weighted by molar-refractivity contribution is 7.10. The maximum absolute atomic E-state index is 5.39. The van der Waals surface area contributed by atoms with Crippen LogP contribution in [-0.2, 0) is 0 Å². The van der Waals surface area contributed by atoms with Crippen molar-refractivity contribution in [2.45, 2.75) is 13.8 Å². The smallest absolute Gasteiger partial charge is 0.119 e. The third kappa shape index (κ3) is 2.18. The number of rotatable bonds is 3. The monoisotopic (exact) mass is 219 g/mol. The van der Waals surface area contributed by atoms with Crippen molar-refractivity contribution in [3.8, 4) is 17.0 Å². The molecule has 0 unspecified atom stereocenters. The van der Waals surface area contributed by atoms with Crippen LogP contribution in [0.4, 0.5) is 0 Å². The minimum atomic E-state index is 0.703. The largest absolute Gasteiger partial charge is 0.494 e. The molecular weight excluding hydrogens is 206 g/mol. The Morgan fingerprint density at radius 3 is 2.53 bits per heavy atom. The standard InChI is InChI=1S/C12H13NOS/c1-3-14-11-6-4-10(5-7-11)12-9(2)15-8-13-12/h4-8H,3H2,1-2H3. The second-order valence-corrected chi connectivity index (χ2v) is 4.27. The number of benzene rings is 1. The van der Waals surface area contributed by atoms with Gasteiger partial charge in [-0.15, -0.1) is 11.3 Å². The lowest BCUT2D eigenvalue weighted by atomic mass is 10.1. The average Bonchev–Trinajstić information content (AvgIpc) is 2.66. The van der Waals surface area contributed by atoms with Crippen LogP contribution in [0.3, 0.4) is 0 Å². The van der Waals surface area contributed by atoms with Gasteiger partial charge in [-0.2, -0.15) is 0 Å². The van der Waals surface area contributed by atoms with Crippen molar-refractivity contribution in [3.63, 3.8) is 0 Å². The van der Waals surface area contributed by atoms with Crippen LogP contribution in [0.1, 0.15) is 11.8 Å². The molecule has 2 aromatic rings. The molecule has 0 saturated carbocycles. The Morgan fingerprint density at radius 2 is 2.00 bits per heavy atom. The van der Waals surface area contributed by atoms with Gasteiger partial charge in [0, 0.05) is 10.4 Å². The first kappa shape index (κ1) is 10.2. The zero-order valence-corrected chi connectivity index (χ0v) is 9.67. The maximum atomic E-state index is 5.39. The van der Waals surface area contributed by atoms with Crippen LogP contribution in [0.15, 0.2) is 29.8 Å². The van der Waals surface area contributed by atoms with Crippen molar-refractivity contribution >= 4 is 11.3 Å². The summed E-state index contributed by atoms with van der Waals surface area (Å²) in [4.78, 5) is 5.59. The minimum absolute atomic E-state index is 0.703. The fourth-order valence-corrected chi connectivity index (χ4v) is 2.06. The van der Waals surface area contributed by atoms with Gasteiger partial charge in [0.1, 0.15) is 5.75 Å². The van der Waals surface area contributed by atoms with Gasteiger partial charge in [0.05, 0.1) is 17.8 Å². The fourth-order valence-electron chi connectivity index (χ4n) is 1.46. The molecule has 1 heterocycles. The van der Waals surface area contributed by atoms with Crippen molar-refractivity contribution in [3.05, 3.63) is 34.7 Å². The van der Waals surface area contributed by atoms with E-state index < -0.39 is 0 Å². The lowest BCUT2D eigenvalue weighted by molar-refractivity contribution is 0.340. The molecule has 2 nitrogen and oxygen atoms in total. The van der Waals surface area contributed by atoms with Gasteiger partial charge in [-0.1, -0.05) is 0 Å². The first-order chi connectivity index (χ1) is 7.31. The van der Waals surface area contributed by atoms with Gasteiger partial charge in [-0.3, -0.25) is 0 Å². The summed E-state index contributed by atoms with van der Waals surface area (Å²) >= 11 is 1.67. The second-order valence-electron chi connectivity index (χ2n) is 3.21. The molecule has 0 aliphatic heterocycles. The first-order valence-corrected chi connectivity index (χ1v) is 5.82. The van der Waals surface area contributed by atoms with E-state index in [2.05, 4.69) is 11.9 Å². The molecule has 0 bridgehead atoms. The van der Waals surface area contributed by atoms with E-state index in [4.69, 9.17) is 4.74 Å². The molecule has 0 N–H and O–H groups in total.